The van der Waals surface area contributed by atoms with E-state index in [1.165, 1.54) is 11.1 Å². The van der Waals surface area contributed by atoms with Gasteiger partial charge in [-0.25, -0.2) is 4.79 Å². The van der Waals surface area contributed by atoms with E-state index in [0.717, 1.165) is 31.4 Å². The maximum atomic E-state index is 11.1. The van der Waals surface area contributed by atoms with Crippen LogP contribution in [0.1, 0.15) is 57.2 Å². The molecule has 0 bridgehead atoms. The van der Waals surface area contributed by atoms with Crippen LogP contribution in [0.25, 0.3) is 0 Å². The lowest BCUT2D eigenvalue weighted by molar-refractivity contribution is 0.163. The van der Waals surface area contributed by atoms with Crippen LogP contribution in [0.5, 0.6) is 0 Å². The van der Waals surface area contributed by atoms with Crippen LogP contribution in [0.3, 0.4) is 0 Å². The van der Waals surface area contributed by atoms with Gasteiger partial charge in [0.25, 0.3) is 0 Å². The minimum Gasteiger partial charge on any atom is -0.465 e. The normalized spacial score (nSPS) is 14.1. The third-order valence-electron chi connectivity index (χ3n) is 8.26. The second-order valence-electron chi connectivity index (χ2n) is 11.1. The number of aliphatic hydroxyl groups excluding tert-OH is 1. The Balaban J connectivity index is 1.93. The van der Waals surface area contributed by atoms with E-state index in [1.807, 2.05) is 30.3 Å². The van der Waals surface area contributed by atoms with Crippen LogP contribution in [0, 0.1) is 5.92 Å². The van der Waals surface area contributed by atoms with E-state index in [4.69, 9.17) is 9.53 Å². The van der Waals surface area contributed by atoms with E-state index in [9.17, 15) is 9.90 Å². The molecule has 2 rings (SSSR count). The molecule has 0 radical (unpaired) electrons. The predicted molar refractivity (Wildman–Crippen MR) is 147 cm³/mol. The zero-order valence-electron chi connectivity index (χ0n) is 22.4. The van der Waals surface area contributed by atoms with Gasteiger partial charge in [-0.2, -0.15) is 0 Å². The van der Waals surface area contributed by atoms with Crippen molar-refractivity contribution in [2.75, 3.05) is 19.8 Å². The van der Waals surface area contributed by atoms with Gasteiger partial charge in [-0.05, 0) is 66.4 Å². The topological polar surface area (TPSA) is 78.8 Å². The molecule has 0 fully saturated rings. The van der Waals surface area contributed by atoms with Crippen LogP contribution in [-0.2, 0) is 22.7 Å². The second kappa shape index (κ2) is 12.7. The first kappa shape index (κ1) is 29.1. The Kier molecular flexibility index (Phi) is 10.6. The lowest BCUT2D eigenvalue weighted by atomic mass is 9.76. The summed E-state index contributed by atoms with van der Waals surface area (Å²) in [5.74, 6) is 0.592. The van der Waals surface area contributed by atoms with Gasteiger partial charge in [0, 0.05) is 18.6 Å². The molecule has 1 unspecified atom stereocenters. The average molecular weight is 500 g/mol. The van der Waals surface area contributed by atoms with Gasteiger partial charge in [0.1, 0.15) is 0 Å². The van der Waals surface area contributed by atoms with Crippen molar-refractivity contribution in [1.82, 2.24) is 5.32 Å². The maximum Gasteiger partial charge on any atom is 0.404 e. The highest BCUT2D eigenvalue weighted by Crippen LogP contribution is 2.44. The lowest BCUT2D eigenvalue weighted by Gasteiger charge is -2.42. The van der Waals surface area contributed by atoms with Crippen molar-refractivity contribution < 1.29 is 19.4 Å². The molecule has 3 N–H and O–H groups in total. The molecule has 35 heavy (non-hydrogen) atoms. The second-order valence-corrected chi connectivity index (χ2v) is 15.7. The molecule has 0 spiro atoms. The van der Waals surface area contributed by atoms with Gasteiger partial charge in [0.2, 0.25) is 0 Å². The number of rotatable bonds is 14. The summed E-state index contributed by atoms with van der Waals surface area (Å²) < 4.78 is 6.45. The van der Waals surface area contributed by atoms with E-state index in [-0.39, 0.29) is 18.2 Å². The first-order valence-corrected chi connectivity index (χ1v) is 15.7. The van der Waals surface area contributed by atoms with Crippen LogP contribution >= 0.6 is 0 Å². The van der Waals surface area contributed by atoms with Crippen molar-refractivity contribution in [2.45, 2.75) is 76.9 Å². The Morgan fingerprint density at radius 1 is 1.00 bits per heavy atom. The van der Waals surface area contributed by atoms with Gasteiger partial charge in [-0.1, -0.05) is 82.3 Å². The average Bonchev–Trinajstić information content (AvgIpc) is 2.82. The Labute approximate surface area is 213 Å². The number of carbonyl (C=O) groups is 1. The molecule has 0 saturated carbocycles. The van der Waals surface area contributed by atoms with Crippen LogP contribution in [0.4, 0.5) is 4.79 Å². The molecule has 194 valence electrons. The molecule has 0 saturated heterocycles. The third-order valence-corrected chi connectivity index (χ3v) is 12.9. The van der Waals surface area contributed by atoms with Crippen molar-refractivity contribution >= 4 is 14.4 Å². The van der Waals surface area contributed by atoms with E-state index < -0.39 is 19.8 Å². The standard InChI is InChI=1S/C29H45NO4Si/c1-23(2)28(3,4)35(5,6)34-20-18-25-16-14-24(15-17-25)11-10-19-29(22-31,21-30-27(32)33)26-12-8-7-9-13-26/h7-9,12-17,23,30-31H,10-11,18-22H2,1-6H3,(H,32,33). The first-order chi connectivity index (χ1) is 16.4. The Bertz CT molecular complexity index is 912. The molecule has 2 aromatic carbocycles. The maximum absolute atomic E-state index is 11.1. The van der Waals surface area contributed by atoms with Crippen molar-refractivity contribution in [3.8, 4) is 0 Å². The number of benzene rings is 2. The van der Waals surface area contributed by atoms with Crippen molar-refractivity contribution in [2.24, 2.45) is 5.92 Å². The van der Waals surface area contributed by atoms with E-state index in [2.05, 4.69) is 70.4 Å². The zero-order chi connectivity index (χ0) is 26.1. The fourth-order valence-corrected chi connectivity index (χ4v) is 6.78. The van der Waals surface area contributed by atoms with E-state index >= 15 is 0 Å². The van der Waals surface area contributed by atoms with Gasteiger partial charge in [0.05, 0.1) is 6.61 Å². The minimum atomic E-state index is -1.80. The van der Waals surface area contributed by atoms with Gasteiger partial charge in [-0.15, -0.1) is 0 Å². The molecule has 0 aliphatic carbocycles. The SMILES string of the molecule is CC(C)C(C)(C)[Si](C)(C)OCCc1ccc(CCCC(CO)(CNC(=O)O)c2ccccc2)cc1. The van der Waals surface area contributed by atoms with Crippen LogP contribution in [0.2, 0.25) is 18.1 Å². The molecule has 0 aromatic heterocycles. The summed E-state index contributed by atoms with van der Waals surface area (Å²) >= 11 is 0. The number of hydrogen-bond donors (Lipinski definition) is 3. The quantitative estimate of drug-likeness (QED) is 0.263. The van der Waals surface area contributed by atoms with Crippen LogP contribution < -0.4 is 5.32 Å². The number of carboxylic acid groups (broad SMARTS) is 1. The van der Waals surface area contributed by atoms with Gasteiger partial charge in [-0.3, -0.25) is 0 Å². The van der Waals surface area contributed by atoms with E-state index in [1.54, 1.807) is 0 Å². The molecule has 0 aliphatic heterocycles. The summed E-state index contributed by atoms with van der Waals surface area (Å²) in [6.07, 6.45) is 2.25. The number of aryl methyl sites for hydroxylation is 1. The zero-order valence-corrected chi connectivity index (χ0v) is 23.4. The van der Waals surface area contributed by atoms with Crippen molar-refractivity contribution in [3.05, 3.63) is 71.3 Å². The Morgan fingerprint density at radius 3 is 2.09 bits per heavy atom. The monoisotopic (exact) mass is 499 g/mol. The fraction of sp³-hybridized carbons (Fsp3) is 0.552. The van der Waals surface area contributed by atoms with Gasteiger partial charge in [0.15, 0.2) is 8.32 Å². The highest BCUT2D eigenvalue weighted by Gasteiger charge is 2.43. The Morgan fingerprint density at radius 2 is 1.57 bits per heavy atom. The molecule has 1 amide bonds. The molecular weight excluding hydrogens is 454 g/mol. The molecule has 2 aromatic rings. The van der Waals surface area contributed by atoms with E-state index in [0.29, 0.717) is 12.3 Å². The third kappa shape index (κ3) is 7.92. The highest BCUT2D eigenvalue weighted by atomic mass is 28.4. The van der Waals surface area contributed by atoms with Gasteiger partial charge >= 0.3 is 6.09 Å². The molecule has 1 atom stereocenters. The predicted octanol–water partition coefficient (Wildman–Crippen LogP) is 6.41. The smallest absolute Gasteiger partial charge is 0.404 e. The molecule has 0 aliphatic rings. The molecule has 0 heterocycles. The summed E-state index contributed by atoms with van der Waals surface area (Å²) in [5, 5.41) is 22.1. The summed E-state index contributed by atoms with van der Waals surface area (Å²) in [5.41, 5.74) is 2.85. The number of amides is 1. The van der Waals surface area contributed by atoms with Gasteiger partial charge < -0.3 is 20.0 Å². The molecule has 5 nitrogen and oxygen atoms in total. The van der Waals surface area contributed by atoms with Crippen LogP contribution in [0.15, 0.2) is 54.6 Å². The number of nitrogens with one attached hydrogen (secondary N) is 1. The van der Waals surface area contributed by atoms with Crippen LogP contribution in [-0.4, -0.2) is 44.4 Å². The minimum absolute atomic E-state index is 0.108. The Hall–Kier alpha value is -2.15. The van der Waals surface area contributed by atoms with Crippen molar-refractivity contribution in [1.29, 1.82) is 0 Å². The summed E-state index contributed by atoms with van der Waals surface area (Å²) in [7, 11) is -1.80. The first-order valence-electron chi connectivity index (χ1n) is 12.8. The highest BCUT2D eigenvalue weighted by molar-refractivity contribution is 6.74. The lowest BCUT2D eigenvalue weighted by Crippen LogP contribution is -2.45. The van der Waals surface area contributed by atoms with Crippen molar-refractivity contribution in [3.63, 3.8) is 0 Å². The molecule has 6 heteroatoms. The molecular formula is C29H45NO4Si. The number of hydrogen-bond acceptors (Lipinski definition) is 3. The summed E-state index contributed by atoms with van der Waals surface area (Å²) in [6, 6.07) is 18.4. The fourth-order valence-electron chi connectivity index (χ4n) is 4.41. The summed E-state index contributed by atoms with van der Waals surface area (Å²) in [4.78, 5) is 11.1. The number of aliphatic hydroxyl groups is 1. The largest absolute Gasteiger partial charge is 0.465 e. The summed E-state index contributed by atoms with van der Waals surface area (Å²) in [6.45, 7) is 14.7.